The summed E-state index contributed by atoms with van der Waals surface area (Å²) in [6, 6.07) is 2.13. The van der Waals surface area contributed by atoms with Gasteiger partial charge in [-0.3, -0.25) is 4.98 Å². The number of aromatic nitrogens is 1. The highest BCUT2D eigenvalue weighted by atomic mass is 79.9. The Kier molecular flexibility index (Phi) is 2.09. The molecule has 1 aromatic rings. The second-order valence-corrected chi connectivity index (χ2v) is 4.18. The highest BCUT2D eigenvalue weighted by Gasteiger charge is 2.28. The van der Waals surface area contributed by atoms with Crippen LogP contribution in [0.5, 0.6) is 0 Å². The first-order valence-corrected chi connectivity index (χ1v) is 5.08. The summed E-state index contributed by atoms with van der Waals surface area (Å²) in [6.45, 7) is 1.95. The van der Waals surface area contributed by atoms with Crippen LogP contribution in [0.4, 0.5) is 0 Å². The topological polar surface area (TPSA) is 36.7 Å². The van der Waals surface area contributed by atoms with Gasteiger partial charge in [0.1, 0.15) is 6.07 Å². The highest BCUT2D eigenvalue weighted by molar-refractivity contribution is 9.10. The summed E-state index contributed by atoms with van der Waals surface area (Å²) in [4.78, 5) is 4.30. The molecule has 0 unspecified atom stereocenters. The van der Waals surface area contributed by atoms with Crippen molar-refractivity contribution in [2.75, 3.05) is 0 Å². The second-order valence-electron chi connectivity index (χ2n) is 3.38. The van der Waals surface area contributed by atoms with Gasteiger partial charge in [-0.2, -0.15) is 5.26 Å². The average molecular weight is 237 g/mol. The Morgan fingerprint density at radius 1 is 1.62 bits per heavy atom. The normalized spacial score (nSPS) is 15.5. The summed E-state index contributed by atoms with van der Waals surface area (Å²) < 4.78 is 1.02. The fourth-order valence-corrected chi connectivity index (χ4v) is 1.99. The molecule has 0 bridgehead atoms. The zero-order valence-corrected chi connectivity index (χ0v) is 8.93. The molecule has 1 fully saturated rings. The van der Waals surface area contributed by atoms with Gasteiger partial charge in [-0.15, -0.1) is 0 Å². The van der Waals surface area contributed by atoms with Gasteiger partial charge in [-0.05, 0) is 41.3 Å². The Morgan fingerprint density at radius 2 is 2.31 bits per heavy atom. The third-order valence-electron chi connectivity index (χ3n) is 2.38. The van der Waals surface area contributed by atoms with E-state index in [-0.39, 0.29) is 0 Å². The number of halogens is 1. The van der Waals surface area contributed by atoms with Crippen molar-refractivity contribution in [2.45, 2.75) is 25.7 Å². The molecule has 0 atom stereocenters. The fourth-order valence-electron chi connectivity index (χ4n) is 1.35. The maximum Gasteiger partial charge on any atom is 0.101 e. The molecule has 0 N–H and O–H groups in total. The third-order valence-corrected chi connectivity index (χ3v) is 3.38. The van der Waals surface area contributed by atoms with Crippen molar-refractivity contribution in [3.63, 3.8) is 0 Å². The van der Waals surface area contributed by atoms with Crippen molar-refractivity contribution in [1.82, 2.24) is 4.98 Å². The Morgan fingerprint density at radius 3 is 2.85 bits per heavy atom. The molecular weight excluding hydrogens is 228 g/mol. The molecule has 2 nitrogen and oxygen atoms in total. The van der Waals surface area contributed by atoms with Crippen LogP contribution in [0.3, 0.4) is 0 Å². The lowest BCUT2D eigenvalue weighted by Gasteiger charge is -2.05. The Labute approximate surface area is 85.7 Å². The largest absolute Gasteiger partial charge is 0.258 e. The summed E-state index contributed by atoms with van der Waals surface area (Å²) in [6.07, 6.45) is 4.14. The Bertz CT molecular complexity index is 389. The molecule has 0 aromatic carbocycles. The quantitative estimate of drug-likeness (QED) is 0.752. The maximum atomic E-state index is 8.78. The molecule has 0 aliphatic heterocycles. The van der Waals surface area contributed by atoms with E-state index in [2.05, 4.69) is 27.0 Å². The van der Waals surface area contributed by atoms with Crippen LogP contribution in [-0.2, 0) is 0 Å². The molecule has 1 heterocycles. The molecule has 66 valence electrons. The SMILES string of the molecule is Cc1c(C#N)cnc(C2CC2)c1Br. The van der Waals surface area contributed by atoms with E-state index in [4.69, 9.17) is 5.26 Å². The molecular formula is C10H9BrN2. The van der Waals surface area contributed by atoms with Gasteiger partial charge in [-0.25, -0.2) is 0 Å². The summed E-state index contributed by atoms with van der Waals surface area (Å²) in [5.74, 6) is 0.626. The predicted molar refractivity (Wildman–Crippen MR) is 53.4 cm³/mol. The molecule has 1 aromatic heterocycles. The Hall–Kier alpha value is -0.880. The molecule has 1 saturated carbocycles. The van der Waals surface area contributed by atoms with Gasteiger partial charge in [-0.1, -0.05) is 0 Å². The van der Waals surface area contributed by atoms with Crippen molar-refractivity contribution in [1.29, 1.82) is 5.26 Å². The molecule has 0 saturated heterocycles. The average Bonchev–Trinajstić information content (AvgIpc) is 2.93. The smallest absolute Gasteiger partial charge is 0.101 e. The number of hydrogen-bond donors (Lipinski definition) is 0. The molecule has 1 aliphatic carbocycles. The summed E-state index contributed by atoms with van der Waals surface area (Å²) in [5, 5.41) is 8.78. The van der Waals surface area contributed by atoms with E-state index in [0.29, 0.717) is 11.5 Å². The zero-order chi connectivity index (χ0) is 9.42. The molecule has 3 heteroatoms. The number of nitriles is 1. The molecule has 0 amide bonds. The van der Waals surface area contributed by atoms with Gasteiger partial charge < -0.3 is 0 Å². The van der Waals surface area contributed by atoms with Crippen molar-refractivity contribution in [3.05, 3.63) is 27.5 Å². The van der Waals surface area contributed by atoms with Crippen LogP contribution in [0.15, 0.2) is 10.7 Å². The van der Waals surface area contributed by atoms with Crippen LogP contribution < -0.4 is 0 Å². The fraction of sp³-hybridized carbons (Fsp3) is 0.400. The number of rotatable bonds is 1. The Balaban J connectivity index is 2.52. The number of pyridine rings is 1. The third kappa shape index (κ3) is 1.47. The number of nitrogens with zero attached hydrogens (tertiary/aromatic N) is 2. The summed E-state index contributed by atoms with van der Waals surface area (Å²) in [7, 11) is 0. The molecule has 13 heavy (non-hydrogen) atoms. The first-order chi connectivity index (χ1) is 6.24. The predicted octanol–water partition coefficient (Wildman–Crippen LogP) is 2.90. The molecule has 0 spiro atoms. The van der Waals surface area contributed by atoms with E-state index in [9.17, 15) is 0 Å². The van der Waals surface area contributed by atoms with Crippen molar-refractivity contribution in [2.24, 2.45) is 0 Å². The van der Waals surface area contributed by atoms with Crippen molar-refractivity contribution >= 4 is 15.9 Å². The van der Waals surface area contributed by atoms with E-state index < -0.39 is 0 Å². The van der Waals surface area contributed by atoms with E-state index in [1.54, 1.807) is 6.20 Å². The lowest BCUT2D eigenvalue weighted by Crippen LogP contribution is -1.94. The summed E-state index contributed by atoms with van der Waals surface area (Å²) >= 11 is 3.50. The minimum absolute atomic E-state index is 0.626. The van der Waals surface area contributed by atoms with Crippen LogP contribution >= 0.6 is 15.9 Å². The second kappa shape index (κ2) is 3.12. The van der Waals surface area contributed by atoms with E-state index in [0.717, 1.165) is 15.7 Å². The van der Waals surface area contributed by atoms with Gasteiger partial charge in [0.05, 0.1) is 11.3 Å². The molecule has 2 rings (SSSR count). The van der Waals surface area contributed by atoms with Crippen LogP contribution in [0.2, 0.25) is 0 Å². The molecule has 1 aliphatic rings. The molecule has 0 radical (unpaired) electrons. The van der Waals surface area contributed by atoms with Gasteiger partial charge in [0.25, 0.3) is 0 Å². The van der Waals surface area contributed by atoms with Gasteiger partial charge >= 0.3 is 0 Å². The van der Waals surface area contributed by atoms with Gasteiger partial charge in [0.15, 0.2) is 0 Å². The first kappa shape index (κ1) is 8.71. The van der Waals surface area contributed by atoms with Crippen molar-refractivity contribution in [3.8, 4) is 6.07 Å². The van der Waals surface area contributed by atoms with Crippen LogP contribution in [0.25, 0.3) is 0 Å². The zero-order valence-electron chi connectivity index (χ0n) is 7.34. The van der Waals surface area contributed by atoms with E-state index >= 15 is 0 Å². The standard InChI is InChI=1S/C10H9BrN2/c1-6-8(4-12)5-13-10(9(6)11)7-2-3-7/h5,7H,2-3H2,1H3. The lowest BCUT2D eigenvalue weighted by molar-refractivity contribution is 0.995. The van der Waals surface area contributed by atoms with Crippen molar-refractivity contribution < 1.29 is 0 Å². The maximum absolute atomic E-state index is 8.78. The summed E-state index contributed by atoms with van der Waals surface area (Å²) in [5.41, 5.74) is 2.80. The van der Waals surface area contributed by atoms with Crippen LogP contribution in [-0.4, -0.2) is 4.98 Å². The number of hydrogen-bond acceptors (Lipinski definition) is 2. The minimum Gasteiger partial charge on any atom is -0.258 e. The minimum atomic E-state index is 0.626. The van der Waals surface area contributed by atoms with Crippen LogP contribution in [0, 0.1) is 18.3 Å². The van der Waals surface area contributed by atoms with Gasteiger partial charge in [0, 0.05) is 16.6 Å². The van der Waals surface area contributed by atoms with E-state index in [1.165, 1.54) is 12.8 Å². The van der Waals surface area contributed by atoms with Crippen LogP contribution in [0.1, 0.15) is 35.6 Å². The van der Waals surface area contributed by atoms with E-state index in [1.807, 2.05) is 6.92 Å². The monoisotopic (exact) mass is 236 g/mol. The lowest BCUT2D eigenvalue weighted by atomic mass is 10.1. The highest BCUT2D eigenvalue weighted by Crippen LogP contribution is 2.43. The van der Waals surface area contributed by atoms with Gasteiger partial charge in [0.2, 0.25) is 0 Å². The first-order valence-electron chi connectivity index (χ1n) is 4.29.